The van der Waals surface area contributed by atoms with Gasteiger partial charge in [-0.15, -0.1) is 11.3 Å². The van der Waals surface area contributed by atoms with Crippen molar-refractivity contribution in [3.63, 3.8) is 0 Å². The van der Waals surface area contributed by atoms with Crippen LogP contribution in [0.25, 0.3) is 10.4 Å². The molecule has 0 aliphatic heterocycles. The molecule has 0 saturated carbocycles. The largest absolute Gasteiger partial charge is 0.286 e. The summed E-state index contributed by atoms with van der Waals surface area (Å²) in [7, 11) is 0. The first-order chi connectivity index (χ1) is 11.2. The van der Waals surface area contributed by atoms with E-state index in [0.717, 1.165) is 16.0 Å². The van der Waals surface area contributed by atoms with Crippen molar-refractivity contribution in [1.29, 1.82) is 5.26 Å². The number of rotatable bonds is 4. The molecule has 3 rings (SSSR count). The van der Waals surface area contributed by atoms with Gasteiger partial charge in [-0.05, 0) is 41.5 Å². The minimum atomic E-state index is -0.130. The summed E-state index contributed by atoms with van der Waals surface area (Å²) < 4.78 is 0. The van der Waals surface area contributed by atoms with Crippen LogP contribution in [0.15, 0.2) is 54.7 Å². The molecule has 1 aromatic carbocycles. The molecule has 2 heterocycles. The highest BCUT2D eigenvalue weighted by atomic mass is 35.5. The Bertz CT molecular complexity index is 880. The van der Waals surface area contributed by atoms with Crippen LogP contribution < -0.4 is 0 Å². The molecule has 0 atom stereocenters. The Hall–Kier alpha value is -2.48. The molecular formula is C18H11ClN2OS. The molecule has 3 nitrogen and oxygen atoms in total. The first kappa shape index (κ1) is 15.4. The van der Waals surface area contributed by atoms with E-state index in [0.29, 0.717) is 15.6 Å². The topological polar surface area (TPSA) is 53.8 Å². The maximum Gasteiger partial charge on any atom is 0.221 e. The molecular weight excluding hydrogens is 328 g/mol. The van der Waals surface area contributed by atoms with E-state index in [9.17, 15) is 4.79 Å². The molecule has 5 heteroatoms. The molecule has 0 amide bonds. The van der Waals surface area contributed by atoms with Gasteiger partial charge in [0, 0.05) is 16.1 Å². The summed E-state index contributed by atoms with van der Waals surface area (Å²) in [5.41, 5.74) is 2.20. The van der Waals surface area contributed by atoms with E-state index in [-0.39, 0.29) is 12.2 Å². The Labute approximate surface area is 142 Å². The Balaban J connectivity index is 2.04. The number of carbonyl (C=O) groups is 1. The first-order valence-corrected chi connectivity index (χ1v) is 8.10. The van der Waals surface area contributed by atoms with Crippen LogP contribution >= 0.6 is 22.9 Å². The van der Waals surface area contributed by atoms with Crippen LogP contribution in [-0.4, -0.2) is 10.8 Å². The smallest absolute Gasteiger partial charge is 0.221 e. The van der Waals surface area contributed by atoms with Gasteiger partial charge in [-0.2, -0.15) is 5.26 Å². The lowest BCUT2D eigenvalue weighted by molar-refractivity contribution is 0.103. The SMILES string of the molecule is N#CCc1cc(C(=O)c2ccccn2)sc1-c1ccc(Cl)cc1. The Morgan fingerprint density at radius 2 is 2.00 bits per heavy atom. The van der Waals surface area contributed by atoms with Crippen molar-refractivity contribution in [2.75, 3.05) is 0 Å². The summed E-state index contributed by atoms with van der Waals surface area (Å²) in [4.78, 5) is 18.1. The molecule has 0 radical (unpaired) electrons. The highest BCUT2D eigenvalue weighted by Gasteiger charge is 2.17. The highest BCUT2D eigenvalue weighted by molar-refractivity contribution is 7.17. The van der Waals surface area contributed by atoms with Crippen LogP contribution in [-0.2, 0) is 6.42 Å². The number of carbonyl (C=O) groups excluding carboxylic acids is 1. The van der Waals surface area contributed by atoms with E-state index in [1.165, 1.54) is 11.3 Å². The Morgan fingerprint density at radius 1 is 1.22 bits per heavy atom. The van der Waals surface area contributed by atoms with Gasteiger partial charge in [-0.1, -0.05) is 29.8 Å². The molecule has 0 bridgehead atoms. The van der Waals surface area contributed by atoms with Crippen LogP contribution in [0.4, 0.5) is 0 Å². The number of benzene rings is 1. The molecule has 0 unspecified atom stereocenters. The van der Waals surface area contributed by atoms with E-state index in [1.54, 1.807) is 42.6 Å². The minimum absolute atomic E-state index is 0.130. The van der Waals surface area contributed by atoms with Crippen molar-refractivity contribution >= 4 is 28.7 Å². The second kappa shape index (κ2) is 6.74. The lowest BCUT2D eigenvalue weighted by Crippen LogP contribution is -2.00. The summed E-state index contributed by atoms with van der Waals surface area (Å²) in [6, 6.07) is 16.6. The zero-order valence-corrected chi connectivity index (χ0v) is 13.6. The van der Waals surface area contributed by atoms with Crippen molar-refractivity contribution < 1.29 is 4.79 Å². The molecule has 0 aliphatic carbocycles. The van der Waals surface area contributed by atoms with Gasteiger partial charge in [-0.25, -0.2) is 0 Å². The zero-order valence-electron chi connectivity index (χ0n) is 12.0. The van der Waals surface area contributed by atoms with Crippen molar-refractivity contribution in [1.82, 2.24) is 4.98 Å². The third kappa shape index (κ3) is 3.31. The Morgan fingerprint density at radius 3 is 2.65 bits per heavy atom. The minimum Gasteiger partial charge on any atom is -0.286 e. The second-order valence-corrected chi connectivity index (χ2v) is 6.34. The molecule has 0 N–H and O–H groups in total. The fourth-order valence-electron chi connectivity index (χ4n) is 2.23. The third-order valence-electron chi connectivity index (χ3n) is 3.31. The number of thiophene rings is 1. The zero-order chi connectivity index (χ0) is 16.2. The summed E-state index contributed by atoms with van der Waals surface area (Å²) >= 11 is 7.30. The van der Waals surface area contributed by atoms with Gasteiger partial charge in [0.2, 0.25) is 5.78 Å². The van der Waals surface area contributed by atoms with E-state index < -0.39 is 0 Å². The normalized spacial score (nSPS) is 10.3. The molecule has 2 aromatic heterocycles. The number of aromatic nitrogens is 1. The van der Waals surface area contributed by atoms with Crippen LogP contribution in [0.1, 0.15) is 20.9 Å². The number of hydrogen-bond acceptors (Lipinski definition) is 4. The van der Waals surface area contributed by atoms with Gasteiger partial charge in [0.15, 0.2) is 0 Å². The first-order valence-electron chi connectivity index (χ1n) is 6.90. The maximum absolute atomic E-state index is 12.5. The molecule has 0 saturated heterocycles. The fourth-order valence-corrected chi connectivity index (χ4v) is 3.49. The number of nitriles is 1. The maximum atomic E-state index is 12.5. The molecule has 0 aliphatic rings. The van der Waals surface area contributed by atoms with E-state index >= 15 is 0 Å². The van der Waals surface area contributed by atoms with Crippen LogP contribution in [0.5, 0.6) is 0 Å². The third-order valence-corrected chi connectivity index (χ3v) is 4.78. The van der Waals surface area contributed by atoms with Gasteiger partial charge in [0.1, 0.15) is 5.69 Å². The number of pyridine rings is 1. The number of halogens is 1. The van der Waals surface area contributed by atoms with Crippen LogP contribution in [0, 0.1) is 11.3 Å². The lowest BCUT2D eigenvalue weighted by Gasteiger charge is -2.00. The van der Waals surface area contributed by atoms with Gasteiger partial charge in [-0.3, -0.25) is 9.78 Å². The summed E-state index contributed by atoms with van der Waals surface area (Å²) in [5.74, 6) is -0.130. The number of hydrogen-bond donors (Lipinski definition) is 0. The summed E-state index contributed by atoms with van der Waals surface area (Å²) in [5, 5.41) is 9.69. The average Bonchev–Trinajstić information content (AvgIpc) is 3.00. The summed E-state index contributed by atoms with van der Waals surface area (Å²) in [6.07, 6.45) is 1.85. The van der Waals surface area contributed by atoms with Crippen molar-refractivity contribution in [2.24, 2.45) is 0 Å². The molecule has 0 fully saturated rings. The Kier molecular flexibility index (Phi) is 4.52. The predicted molar refractivity (Wildman–Crippen MR) is 91.8 cm³/mol. The monoisotopic (exact) mass is 338 g/mol. The standard InChI is InChI=1S/C18H11ClN2OS/c19-14-6-4-12(5-7-14)18-13(8-9-20)11-16(23-18)17(22)15-3-1-2-10-21-15/h1-7,10-11H,8H2. The van der Waals surface area contributed by atoms with Crippen molar-refractivity contribution in [3.8, 4) is 16.5 Å². The number of ketones is 1. The van der Waals surface area contributed by atoms with E-state index in [4.69, 9.17) is 16.9 Å². The number of nitrogens with zero attached hydrogens (tertiary/aromatic N) is 2. The van der Waals surface area contributed by atoms with Gasteiger partial charge >= 0.3 is 0 Å². The van der Waals surface area contributed by atoms with Crippen molar-refractivity contribution in [2.45, 2.75) is 6.42 Å². The molecule has 112 valence electrons. The quantitative estimate of drug-likeness (QED) is 0.644. The van der Waals surface area contributed by atoms with E-state index in [1.807, 2.05) is 12.1 Å². The van der Waals surface area contributed by atoms with Gasteiger partial charge in [0.05, 0.1) is 17.4 Å². The highest BCUT2D eigenvalue weighted by Crippen LogP contribution is 2.34. The predicted octanol–water partition coefficient (Wildman–Crippen LogP) is 4.76. The van der Waals surface area contributed by atoms with Gasteiger partial charge in [0.25, 0.3) is 0 Å². The average molecular weight is 339 g/mol. The van der Waals surface area contributed by atoms with Crippen LogP contribution in [0.3, 0.4) is 0 Å². The summed E-state index contributed by atoms with van der Waals surface area (Å²) in [6.45, 7) is 0. The fraction of sp³-hybridized carbons (Fsp3) is 0.0556. The van der Waals surface area contributed by atoms with Gasteiger partial charge < -0.3 is 0 Å². The molecule has 23 heavy (non-hydrogen) atoms. The lowest BCUT2D eigenvalue weighted by atomic mass is 10.1. The van der Waals surface area contributed by atoms with Crippen molar-refractivity contribution in [3.05, 3.63) is 75.9 Å². The second-order valence-electron chi connectivity index (χ2n) is 4.85. The van der Waals surface area contributed by atoms with Crippen LogP contribution in [0.2, 0.25) is 5.02 Å². The van der Waals surface area contributed by atoms with E-state index in [2.05, 4.69) is 11.1 Å². The molecule has 3 aromatic rings. The molecule has 0 spiro atoms.